The number of aryl methyl sites for hydroxylation is 1. The molecule has 1 aromatic carbocycles. The minimum atomic E-state index is -4.58. The monoisotopic (exact) mass is 328 g/mol. The van der Waals surface area contributed by atoms with Crippen molar-refractivity contribution in [3.8, 4) is 0 Å². The molecule has 0 aliphatic heterocycles. The molecule has 0 fully saturated rings. The molecule has 1 aromatic heterocycles. The molecule has 2 aromatic rings. The molecule has 0 aliphatic carbocycles. The summed E-state index contributed by atoms with van der Waals surface area (Å²) < 4.78 is 39.7. The Kier molecular flexibility index (Phi) is 4.61. The Bertz CT molecular complexity index is 703. The zero-order valence-electron chi connectivity index (χ0n) is 11.5. The maximum absolute atomic E-state index is 12.8. The van der Waals surface area contributed by atoms with Crippen molar-refractivity contribution < 1.29 is 18.0 Å². The summed E-state index contributed by atoms with van der Waals surface area (Å²) in [5.74, 6) is -0.821. The second-order valence-corrected chi connectivity index (χ2v) is 5.04. The van der Waals surface area contributed by atoms with E-state index in [0.29, 0.717) is 5.02 Å². The van der Waals surface area contributed by atoms with Gasteiger partial charge in [0.2, 0.25) is 0 Å². The number of benzene rings is 1. The van der Waals surface area contributed by atoms with Gasteiger partial charge < -0.3 is 9.88 Å². The molecule has 0 aliphatic rings. The van der Waals surface area contributed by atoms with Crippen LogP contribution in [0.2, 0.25) is 5.02 Å². The molecule has 0 spiro atoms. The van der Waals surface area contributed by atoms with Crippen molar-refractivity contribution >= 4 is 23.6 Å². The number of amides is 1. The number of nitrogens with one attached hydrogen (secondary N) is 1. The number of nitrogens with zero attached hydrogens (tertiary/aromatic N) is 1. The van der Waals surface area contributed by atoms with Crippen molar-refractivity contribution in [2.75, 3.05) is 0 Å². The molecule has 0 saturated carbocycles. The van der Waals surface area contributed by atoms with Gasteiger partial charge in [0.15, 0.2) is 0 Å². The molecule has 22 heavy (non-hydrogen) atoms. The zero-order valence-corrected chi connectivity index (χ0v) is 12.2. The lowest BCUT2D eigenvalue weighted by atomic mass is 10.2. The van der Waals surface area contributed by atoms with Gasteiger partial charge in [-0.15, -0.1) is 0 Å². The van der Waals surface area contributed by atoms with Crippen molar-refractivity contribution in [1.29, 1.82) is 0 Å². The minimum Gasteiger partial charge on any atom is -0.356 e. The molecule has 0 bridgehead atoms. The lowest BCUT2D eigenvalue weighted by molar-refractivity contribution is -0.137. The van der Waals surface area contributed by atoms with Crippen LogP contribution < -0.4 is 5.32 Å². The Morgan fingerprint density at radius 1 is 1.23 bits per heavy atom. The summed E-state index contributed by atoms with van der Waals surface area (Å²) in [6.07, 6.45) is 0.281. The predicted molar refractivity (Wildman–Crippen MR) is 78.4 cm³/mol. The lowest BCUT2D eigenvalue weighted by Crippen LogP contribution is -2.20. The average molecular weight is 329 g/mol. The normalized spacial score (nSPS) is 11.9. The zero-order chi connectivity index (χ0) is 16.3. The van der Waals surface area contributed by atoms with E-state index in [0.717, 1.165) is 18.0 Å². The van der Waals surface area contributed by atoms with Gasteiger partial charge in [0.25, 0.3) is 5.91 Å². The lowest BCUT2D eigenvalue weighted by Gasteiger charge is -2.06. The molecule has 1 N–H and O–H groups in total. The molecule has 0 saturated heterocycles. The van der Waals surface area contributed by atoms with Gasteiger partial charge in [-0.1, -0.05) is 23.7 Å². The number of halogens is 4. The maximum atomic E-state index is 12.8. The number of hydrogen-bond acceptors (Lipinski definition) is 1. The number of hydrogen-bond donors (Lipinski definition) is 1. The molecular weight excluding hydrogens is 317 g/mol. The second kappa shape index (κ2) is 6.27. The predicted octanol–water partition coefficient (Wildman–Crippen LogP) is 4.10. The van der Waals surface area contributed by atoms with Gasteiger partial charge in [0, 0.05) is 30.7 Å². The van der Waals surface area contributed by atoms with Crippen molar-refractivity contribution in [1.82, 2.24) is 9.88 Å². The van der Waals surface area contributed by atoms with Crippen LogP contribution in [0, 0.1) is 0 Å². The molecule has 1 amide bonds. The van der Waals surface area contributed by atoms with Crippen LogP contribution in [0.15, 0.2) is 42.9 Å². The Hall–Kier alpha value is -2.21. The van der Waals surface area contributed by atoms with E-state index >= 15 is 0 Å². The Morgan fingerprint density at radius 2 is 1.86 bits per heavy atom. The highest BCUT2D eigenvalue weighted by molar-refractivity contribution is 6.30. The molecule has 7 heteroatoms. The Morgan fingerprint density at radius 3 is 2.45 bits per heavy atom. The van der Waals surface area contributed by atoms with Gasteiger partial charge in [0.05, 0.1) is 11.1 Å². The molecule has 0 unspecified atom stereocenters. The number of aromatic nitrogens is 1. The van der Waals surface area contributed by atoms with E-state index in [1.807, 2.05) is 0 Å². The van der Waals surface area contributed by atoms with Gasteiger partial charge in [-0.05, 0) is 23.8 Å². The van der Waals surface area contributed by atoms with Crippen molar-refractivity contribution in [3.63, 3.8) is 0 Å². The molecule has 0 atom stereocenters. The smallest absolute Gasteiger partial charge is 0.356 e. The van der Waals surface area contributed by atoms with Crippen LogP contribution in [0.4, 0.5) is 13.2 Å². The van der Waals surface area contributed by atoms with Crippen molar-refractivity contribution in [3.05, 3.63) is 64.6 Å². The van der Waals surface area contributed by atoms with E-state index < -0.39 is 23.2 Å². The molecule has 3 nitrogen and oxygen atoms in total. The minimum absolute atomic E-state index is 0.421. The summed E-state index contributed by atoms with van der Waals surface area (Å²) in [5, 5.41) is 2.89. The number of rotatable bonds is 3. The number of carbonyl (C=O) groups excluding carboxylic acids is 1. The molecule has 2 rings (SSSR count). The second-order valence-electron chi connectivity index (χ2n) is 4.61. The van der Waals surface area contributed by atoms with Gasteiger partial charge in [-0.2, -0.15) is 13.2 Å². The standard InChI is InChI=1S/C15H12ClF3N2O/c1-21-8-12(13(9-21)15(17,18)19)14(22)20-7-6-10-2-4-11(16)5-3-10/h2-9H,1H3,(H,20,22)/b7-6-. The summed E-state index contributed by atoms with van der Waals surface area (Å²) in [5.41, 5.74) is -0.628. The van der Waals surface area contributed by atoms with E-state index in [4.69, 9.17) is 11.6 Å². The average Bonchev–Trinajstić information content (AvgIpc) is 2.83. The summed E-state index contributed by atoms with van der Waals surface area (Å²) >= 11 is 5.74. The van der Waals surface area contributed by atoms with Gasteiger partial charge in [-0.25, -0.2) is 0 Å². The molecule has 1 heterocycles. The number of alkyl halides is 3. The van der Waals surface area contributed by atoms with E-state index in [-0.39, 0.29) is 0 Å². The van der Waals surface area contributed by atoms with E-state index in [1.54, 1.807) is 30.3 Å². The first-order valence-corrected chi connectivity index (χ1v) is 6.61. The van der Waals surface area contributed by atoms with Gasteiger partial charge in [0.1, 0.15) is 0 Å². The van der Waals surface area contributed by atoms with Crippen LogP contribution in [-0.2, 0) is 13.2 Å². The largest absolute Gasteiger partial charge is 0.418 e. The first-order chi connectivity index (χ1) is 10.3. The van der Waals surface area contributed by atoms with Crippen molar-refractivity contribution in [2.24, 2.45) is 7.05 Å². The van der Waals surface area contributed by atoms with Crippen LogP contribution in [0.1, 0.15) is 21.5 Å². The van der Waals surface area contributed by atoms with Gasteiger partial charge in [-0.3, -0.25) is 4.79 Å². The fraction of sp³-hybridized carbons (Fsp3) is 0.133. The quantitative estimate of drug-likeness (QED) is 0.904. The first kappa shape index (κ1) is 16.2. The van der Waals surface area contributed by atoms with Gasteiger partial charge >= 0.3 is 6.18 Å². The van der Waals surface area contributed by atoms with Crippen LogP contribution in [0.3, 0.4) is 0 Å². The highest BCUT2D eigenvalue weighted by Crippen LogP contribution is 2.32. The highest BCUT2D eigenvalue weighted by Gasteiger charge is 2.36. The molecule has 0 radical (unpaired) electrons. The summed E-state index contributed by atoms with van der Waals surface area (Å²) in [6, 6.07) is 6.77. The van der Waals surface area contributed by atoms with E-state index in [9.17, 15) is 18.0 Å². The summed E-state index contributed by atoms with van der Waals surface area (Å²) in [4.78, 5) is 11.9. The Balaban J connectivity index is 2.11. The molecule has 116 valence electrons. The van der Waals surface area contributed by atoms with Crippen LogP contribution in [0.5, 0.6) is 0 Å². The van der Waals surface area contributed by atoms with Crippen LogP contribution in [0.25, 0.3) is 6.08 Å². The Labute approximate surface area is 130 Å². The van der Waals surface area contributed by atoms with E-state index in [2.05, 4.69) is 5.32 Å². The highest BCUT2D eigenvalue weighted by atomic mass is 35.5. The summed E-state index contributed by atoms with van der Waals surface area (Å²) in [7, 11) is 1.43. The van der Waals surface area contributed by atoms with Crippen molar-refractivity contribution in [2.45, 2.75) is 6.18 Å². The van der Waals surface area contributed by atoms with Crippen LogP contribution >= 0.6 is 11.6 Å². The molecular formula is C15H12ClF3N2O. The number of carbonyl (C=O) groups is 1. The van der Waals surface area contributed by atoms with E-state index in [1.165, 1.54) is 17.8 Å². The fourth-order valence-electron chi connectivity index (χ4n) is 1.86. The maximum Gasteiger partial charge on any atom is 0.418 e. The SMILES string of the molecule is Cn1cc(C(=O)N/C=C\c2ccc(Cl)cc2)c(C(F)(F)F)c1. The third kappa shape index (κ3) is 3.92. The summed E-state index contributed by atoms with van der Waals surface area (Å²) in [6.45, 7) is 0. The topological polar surface area (TPSA) is 34.0 Å². The fourth-order valence-corrected chi connectivity index (χ4v) is 1.98. The van der Waals surface area contributed by atoms with Crippen LogP contribution in [-0.4, -0.2) is 10.5 Å². The first-order valence-electron chi connectivity index (χ1n) is 6.23. The third-order valence-electron chi connectivity index (χ3n) is 2.87. The third-order valence-corrected chi connectivity index (χ3v) is 3.12.